The first kappa shape index (κ1) is 15.8. The fraction of sp³-hybridized carbons (Fsp3) is 0.462. The van der Waals surface area contributed by atoms with Gasteiger partial charge in [-0.2, -0.15) is 0 Å². The molecule has 4 heteroatoms. The molecule has 0 aliphatic rings. The third-order valence-electron chi connectivity index (χ3n) is 2.39. The molecule has 0 aliphatic carbocycles. The van der Waals surface area contributed by atoms with Crippen LogP contribution in [0.25, 0.3) is 0 Å². The lowest BCUT2D eigenvalue weighted by atomic mass is 10.1. The highest BCUT2D eigenvalue weighted by atomic mass is 35.5. The van der Waals surface area contributed by atoms with Crippen LogP contribution in [0.4, 0.5) is 5.69 Å². The second-order valence-corrected chi connectivity index (χ2v) is 4.36. The third-order valence-corrected chi connectivity index (χ3v) is 2.39. The number of amides is 1. The van der Waals surface area contributed by atoms with Crippen LogP contribution < -0.4 is 5.73 Å². The van der Waals surface area contributed by atoms with E-state index in [2.05, 4.69) is 13.8 Å². The third kappa shape index (κ3) is 4.65. The van der Waals surface area contributed by atoms with Crippen LogP contribution in [-0.4, -0.2) is 23.9 Å². The summed E-state index contributed by atoms with van der Waals surface area (Å²) in [4.78, 5) is 14.0. The Morgan fingerprint density at radius 3 is 2.53 bits per heavy atom. The van der Waals surface area contributed by atoms with Crippen LogP contribution in [-0.2, 0) is 0 Å². The number of nitrogens with zero attached hydrogens (tertiary/aromatic N) is 1. The minimum Gasteiger partial charge on any atom is -0.399 e. The van der Waals surface area contributed by atoms with Gasteiger partial charge in [0.1, 0.15) is 0 Å². The molecule has 1 rings (SSSR count). The van der Waals surface area contributed by atoms with E-state index in [0.717, 1.165) is 13.1 Å². The number of nitrogen functional groups attached to an aromatic ring is 1. The second-order valence-electron chi connectivity index (χ2n) is 4.36. The summed E-state index contributed by atoms with van der Waals surface area (Å²) in [5.41, 5.74) is 6.97. The maximum absolute atomic E-state index is 12.1. The number of anilines is 1. The molecule has 0 radical (unpaired) electrons. The number of benzene rings is 1. The van der Waals surface area contributed by atoms with Crippen molar-refractivity contribution in [3.8, 4) is 0 Å². The highest BCUT2D eigenvalue weighted by molar-refractivity contribution is 5.95. The summed E-state index contributed by atoms with van der Waals surface area (Å²) < 4.78 is 0. The average molecular weight is 257 g/mol. The molecule has 0 fully saturated rings. The zero-order valence-electron chi connectivity index (χ0n) is 10.6. The minimum absolute atomic E-state index is 0. The number of carbonyl (C=O) groups is 1. The molecule has 96 valence electrons. The van der Waals surface area contributed by atoms with Crippen LogP contribution in [0.2, 0.25) is 0 Å². The van der Waals surface area contributed by atoms with Gasteiger partial charge in [0.15, 0.2) is 0 Å². The lowest BCUT2D eigenvalue weighted by Gasteiger charge is -2.23. The number of hydrogen-bond acceptors (Lipinski definition) is 2. The Balaban J connectivity index is 0.00000256. The summed E-state index contributed by atoms with van der Waals surface area (Å²) in [6.45, 7) is 7.72. The fourth-order valence-corrected chi connectivity index (χ4v) is 1.65. The number of halogens is 1. The zero-order chi connectivity index (χ0) is 12.1. The van der Waals surface area contributed by atoms with Crippen LogP contribution in [0.3, 0.4) is 0 Å². The topological polar surface area (TPSA) is 46.3 Å². The molecule has 0 bridgehead atoms. The van der Waals surface area contributed by atoms with Crippen molar-refractivity contribution < 1.29 is 4.79 Å². The standard InChI is InChI=1S/C13H20N2O.ClH/c1-4-15(9-10(2)3)13(16)11-6-5-7-12(14)8-11;/h5-8,10H,4,9,14H2,1-3H3;1H. The van der Waals surface area contributed by atoms with Crippen LogP contribution in [0, 0.1) is 5.92 Å². The summed E-state index contributed by atoms with van der Waals surface area (Å²) >= 11 is 0. The van der Waals surface area contributed by atoms with E-state index in [1.807, 2.05) is 24.0 Å². The number of hydrogen-bond donors (Lipinski definition) is 1. The molecule has 0 saturated carbocycles. The van der Waals surface area contributed by atoms with Crippen molar-refractivity contribution in [1.82, 2.24) is 4.90 Å². The van der Waals surface area contributed by atoms with Crippen molar-refractivity contribution in [3.05, 3.63) is 29.8 Å². The van der Waals surface area contributed by atoms with E-state index in [9.17, 15) is 4.79 Å². The van der Waals surface area contributed by atoms with Crippen molar-refractivity contribution in [1.29, 1.82) is 0 Å². The predicted molar refractivity (Wildman–Crippen MR) is 74.5 cm³/mol. The largest absolute Gasteiger partial charge is 0.399 e. The van der Waals surface area contributed by atoms with Gasteiger partial charge >= 0.3 is 0 Å². The Morgan fingerprint density at radius 2 is 2.06 bits per heavy atom. The number of nitrogens with two attached hydrogens (primary N) is 1. The molecule has 0 aromatic heterocycles. The number of carbonyl (C=O) groups excluding carboxylic acids is 1. The smallest absolute Gasteiger partial charge is 0.253 e. The van der Waals surface area contributed by atoms with Gasteiger partial charge in [0.2, 0.25) is 0 Å². The van der Waals surface area contributed by atoms with Gasteiger partial charge in [0.05, 0.1) is 0 Å². The van der Waals surface area contributed by atoms with Crippen molar-refractivity contribution >= 4 is 24.0 Å². The van der Waals surface area contributed by atoms with Crippen LogP contribution in [0.1, 0.15) is 31.1 Å². The van der Waals surface area contributed by atoms with E-state index in [0.29, 0.717) is 17.2 Å². The van der Waals surface area contributed by atoms with Gasteiger partial charge in [-0.1, -0.05) is 19.9 Å². The zero-order valence-corrected chi connectivity index (χ0v) is 11.5. The molecule has 0 saturated heterocycles. The predicted octanol–water partition coefficient (Wildman–Crippen LogP) is 2.81. The Kier molecular flexibility index (Phi) is 6.66. The Bertz CT molecular complexity index is 366. The molecule has 0 spiro atoms. The first-order valence-corrected chi connectivity index (χ1v) is 5.69. The van der Waals surface area contributed by atoms with E-state index in [1.54, 1.807) is 12.1 Å². The van der Waals surface area contributed by atoms with Gasteiger partial charge in [-0.25, -0.2) is 0 Å². The molecule has 1 aromatic rings. The van der Waals surface area contributed by atoms with Gasteiger partial charge in [0.25, 0.3) is 5.91 Å². The van der Waals surface area contributed by atoms with Gasteiger partial charge in [-0.05, 0) is 31.0 Å². The first-order chi connectivity index (χ1) is 7.54. The molecule has 0 atom stereocenters. The lowest BCUT2D eigenvalue weighted by Crippen LogP contribution is -2.34. The maximum Gasteiger partial charge on any atom is 0.253 e. The summed E-state index contributed by atoms with van der Waals surface area (Å²) in [5, 5.41) is 0. The second kappa shape index (κ2) is 7.17. The molecule has 0 heterocycles. The van der Waals surface area contributed by atoms with Gasteiger partial charge in [0, 0.05) is 24.3 Å². The summed E-state index contributed by atoms with van der Waals surface area (Å²) in [6, 6.07) is 7.13. The van der Waals surface area contributed by atoms with E-state index in [-0.39, 0.29) is 18.3 Å². The molecule has 17 heavy (non-hydrogen) atoms. The van der Waals surface area contributed by atoms with E-state index < -0.39 is 0 Å². The first-order valence-electron chi connectivity index (χ1n) is 5.69. The molecule has 2 N–H and O–H groups in total. The monoisotopic (exact) mass is 256 g/mol. The van der Waals surface area contributed by atoms with Gasteiger partial charge < -0.3 is 10.6 Å². The summed E-state index contributed by atoms with van der Waals surface area (Å²) in [7, 11) is 0. The minimum atomic E-state index is 0. The van der Waals surface area contributed by atoms with Crippen molar-refractivity contribution in [3.63, 3.8) is 0 Å². The molecule has 1 aromatic carbocycles. The molecular formula is C13H21ClN2O. The van der Waals surface area contributed by atoms with Gasteiger partial charge in [-0.15, -0.1) is 12.4 Å². The summed E-state index contributed by atoms with van der Waals surface area (Å²) in [6.07, 6.45) is 0. The number of rotatable bonds is 4. The highest BCUT2D eigenvalue weighted by Crippen LogP contribution is 2.11. The van der Waals surface area contributed by atoms with Crippen LogP contribution >= 0.6 is 12.4 Å². The summed E-state index contributed by atoms with van der Waals surface area (Å²) in [5.74, 6) is 0.536. The molecule has 1 amide bonds. The highest BCUT2D eigenvalue weighted by Gasteiger charge is 2.14. The van der Waals surface area contributed by atoms with E-state index in [1.165, 1.54) is 0 Å². The molecule has 0 unspecified atom stereocenters. The van der Waals surface area contributed by atoms with Crippen LogP contribution in [0.15, 0.2) is 24.3 Å². The van der Waals surface area contributed by atoms with E-state index >= 15 is 0 Å². The van der Waals surface area contributed by atoms with E-state index in [4.69, 9.17) is 5.73 Å². The molecular weight excluding hydrogens is 236 g/mol. The average Bonchev–Trinajstić information content (AvgIpc) is 2.24. The van der Waals surface area contributed by atoms with Crippen molar-refractivity contribution in [2.45, 2.75) is 20.8 Å². The van der Waals surface area contributed by atoms with Crippen molar-refractivity contribution in [2.75, 3.05) is 18.8 Å². The quantitative estimate of drug-likeness (QED) is 0.842. The SMILES string of the molecule is CCN(CC(C)C)C(=O)c1cccc(N)c1.Cl. The lowest BCUT2D eigenvalue weighted by molar-refractivity contribution is 0.0746. The molecule has 0 aliphatic heterocycles. The van der Waals surface area contributed by atoms with Gasteiger partial charge in [-0.3, -0.25) is 4.79 Å². The Labute approximate surface area is 109 Å². The normalized spacial score (nSPS) is 9.88. The Hall–Kier alpha value is -1.22. The molecule has 3 nitrogen and oxygen atoms in total. The maximum atomic E-state index is 12.1. The fourth-order valence-electron chi connectivity index (χ4n) is 1.65. The van der Waals surface area contributed by atoms with Crippen molar-refractivity contribution in [2.24, 2.45) is 5.92 Å². The Morgan fingerprint density at radius 1 is 1.41 bits per heavy atom. The van der Waals surface area contributed by atoms with Crippen LogP contribution in [0.5, 0.6) is 0 Å².